The van der Waals surface area contributed by atoms with Crippen molar-refractivity contribution in [1.29, 1.82) is 0 Å². The van der Waals surface area contributed by atoms with Gasteiger partial charge in [-0.25, -0.2) is 0 Å². The molecule has 0 saturated heterocycles. The van der Waals surface area contributed by atoms with Crippen LogP contribution in [0.1, 0.15) is 108 Å². The van der Waals surface area contributed by atoms with E-state index in [0.717, 1.165) is 85.8 Å². The highest BCUT2D eigenvalue weighted by Crippen LogP contribution is 2.54. The number of nitrogens with zero attached hydrogens (tertiary/aromatic N) is 4. The molecular formula is C108H90N4. The van der Waals surface area contributed by atoms with Gasteiger partial charge in [0.1, 0.15) is 0 Å². The van der Waals surface area contributed by atoms with Gasteiger partial charge in [0.2, 0.25) is 0 Å². The Hall–Kier alpha value is -13.3. The van der Waals surface area contributed by atoms with E-state index < -0.39 is 0 Å². The minimum atomic E-state index is -0.201. The van der Waals surface area contributed by atoms with Crippen LogP contribution in [-0.4, -0.2) is 0 Å². The molecule has 0 N–H and O–H groups in total. The molecule has 16 aromatic carbocycles. The van der Waals surface area contributed by atoms with Crippen molar-refractivity contribution < 1.29 is 0 Å². The van der Waals surface area contributed by atoms with Crippen LogP contribution in [0.15, 0.2) is 364 Å². The van der Waals surface area contributed by atoms with Crippen molar-refractivity contribution in [3.05, 3.63) is 431 Å². The molecule has 0 spiro atoms. The van der Waals surface area contributed by atoms with Crippen LogP contribution in [0.3, 0.4) is 0 Å². The lowest BCUT2D eigenvalue weighted by molar-refractivity contribution is 0.521. The summed E-state index contributed by atoms with van der Waals surface area (Å²) in [5.74, 6) is 0. The summed E-state index contributed by atoms with van der Waals surface area (Å²) in [6.07, 6.45) is 9.91. The summed E-state index contributed by atoms with van der Waals surface area (Å²) in [4.78, 5) is 9.57. The molecule has 0 unspecified atom stereocenters. The number of hydrogen-bond donors (Lipinski definition) is 0. The number of aryl methyl sites for hydroxylation is 2. The standard InChI is InChI=1S/C108H90N4/c1-74-26-25-36-90(66-74)111(87-53-44-76(45-54-87)40-42-78-48-62-96-98-64-60-92(71-103(98)107(5,6)101(96)68-78)109(83-28-13-9-14-29-83)84-30-15-10-16-31-84)88-58-51-82(52-59-88)106(3,4)73-81-50-57-91(67-75(81)2)112(105-70-80-27-21-22-37-94(80)95-38-23-24-39-100(95)105)89-55-46-77(47-56-89)41-43-79-49-63-97-99-65-61-93(72-104(99)108(7,8)102(97)69-79)110(85-32-17-11-18-33-85)86-34-19-12-20-35-86/h9-72H,73H2,1-8H3. The van der Waals surface area contributed by atoms with Crippen molar-refractivity contribution in [3.8, 4) is 22.3 Å². The predicted octanol–water partition coefficient (Wildman–Crippen LogP) is 30.0. The molecule has 4 nitrogen and oxygen atoms in total. The summed E-state index contributed by atoms with van der Waals surface area (Å²) in [6, 6.07) is 134. The van der Waals surface area contributed by atoms with Gasteiger partial charge in [-0.05, 0) is 270 Å². The zero-order chi connectivity index (χ0) is 76.2. The Bertz CT molecular complexity index is 6170. The van der Waals surface area contributed by atoms with Gasteiger partial charge in [0, 0.05) is 78.8 Å². The van der Waals surface area contributed by atoms with Crippen LogP contribution >= 0.6 is 0 Å². The molecule has 0 atom stereocenters. The van der Waals surface area contributed by atoms with Gasteiger partial charge >= 0.3 is 0 Å². The van der Waals surface area contributed by atoms with Gasteiger partial charge in [-0.2, -0.15) is 0 Å². The molecule has 16 aromatic rings. The largest absolute Gasteiger partial charge is 0.310 e. The highest BCUT2D eigenvalue weighted by molar-refractivity contribution is 6.14. The number of para-hydroxylation sites is 4. The first-order chi connectivity index (χ1) is 54.6. The summed E-state index contributed by atoms with van der Waals surface area (Å²) >= 11 is 0. The normalized spacial score (nSPS) is 13.1. The Morgan fingerprint density at radius 3 is 1.07 bits per heavy atom. The van der Waals surface area contributed by atoms with Crippen LogP contribution in [0.25, 0.3) is 68.1 Å². The third kappa shape index (κ3) is 13.2. The van der Waals surface area contributed by atoms with Crippen LogP contribution in [0.2, 0.25) is 0 Å². The van der Waals surface area contributed by atoms with Crippen molar-refractivity contribution in [3.63, 3.8) is 0 Å². The fraction of sp³-hybridized carbons (Fsp3) is 0.111. The van der Waals surface area contributed by atoms with E-state index in [9.17, 15) is 0 Å². The third-order valence-corrected chi connectivity index (χ3v) is 23.6. The predicted molar refractivity (Wildman–Crippen MR) is 479 cm³/mol. The first-order valence-electron chi connectivity index (χ1n) is 39.3. The lowest BCUT2D eigenvalue weighted by Gasteiger charge is -2.30. The van der Waals surface area contributed by atoms with Gasteiger partial charge < -0.3 is 19.6 Å². The van der Waals surface area contributed by atoms with Gasteiger partial charge in [0.15, 0.2) is 0 Å². The van der Waals surface area contributed by atoms with Crippen molar-refractivity contribution in [2.24, 2.45) is 0 Å². The molecule has 0 aliphatic heterocycles. The smallest absolute Gasteiger partial charge is 0.0546 e. The van der Waals surface area contributed by atoms with Crippen molar-refractivity contribution in [2.45, 2.75) is 78.1 Å². The van der Waals surface area contributed by atoms with Gasteiger partial charge in [0.05, 0.1) is 5.69 Å². The number of anilines is 12. The number of rotatable bonds is 19. The van der Waals surface area contributed by atoms with E-state index in [1.54, 1.807) is 0 Å². The Balaban J connectivity index is 0.588. The average molecular weight is 1440 g/mol. The summed E-state index contributed by atoms with van der Waals surface area (Å²) in [5.41, 5.74) is 33.3. The topological polar surface area (TPSA) is 13.0 Å². The highest BCUT2D eigenvalue weighted by atomic mass is 15.2. The molecule has 2 aliphatic rings. The first kappa shape index (κ1) is 70.4. The molecule has 18 rings (SSSR count). The molecule has 0 aromatic heterocycles. The quantitative estimate of drug-likeness (QED) is 0.0591. The van der Waals surface area contributed by atoms with E-state index in [1.807, 2.05) is 0 Å². The van der Waals surface area contributed by atoms with Gasteiger partial charge in [-0.1, -0.05) is 290 Å². The number of hydrogen-bond acceptors (Lipinski definition) is 4. The second-order valence-corrected chi connectivity index (χ2v) is 32.1. The molecule has 0 heterocycles. The van der Waals surface area contributed by atoms with Crippen LogP contribution < -0.4 is 19.6 Å². The van der Waals surface area contributed by atoms with Crippen molar-refractivity contribution in [2.75, 3.05) is 19.6 Å². The van der Waals surface area contributed by atoms with Crippen molar-refractivity contribution >= 4 is 114 Å². The van der Waals surface area contributed by atoms with Gasteiger partial charge in [-0.15, -0.1) is 0 Å². The fourth-order valence-corrected chi connectivity index (χ4v) is 17.5. The Kier molecular flexibility index (Phi) is 18.2. The average Bonchev–Trinajstić information content (AvgIpc) is 1.63. The van der Waals surface area contributed by atoms with Crippen LogP contribution in [0.4, 0.5) is 68.2 Å². The molecule has 0 fully saturated rings. The maximum Gasteiger partial charge on any atom is 0.0546 e. The zero-order valence-corrected chi connectivity index (χ0v) is 64.9. The van der Waals surface area contributed by atoms with E-state index in [1.165, 1.54) is 99.4 Å². The van der Waals surface area contributed by atoms with E-state index in [4.69, 9.17) is 0 Å². The van der Waals surface area contributed by atoms with E-state index in [-0.39, 0.29) is 16.2 Å². The molecule has 0 bridgehead atoms. The molecular weight excluding hydrogens is 1350 g/mol. The highest BCUT2D eigenvalue weighted by Gasteiger charge is 2.38. The van der Waals surface area contributed by atoms with E-state index >= 15 is 0 Å². The molecule has 0 amide bonds. The third-order valence-electron chi connectivity index (χ3n) is 23.6. The minimum absolute atomic E-state index is 0.182. The molecule has 542 valence electrons. The Morgan fingerprint density at radius 1 is 0.268 bits per heavy atom. The SMILES string of the molecule is Cc1cccc(N(c2ccc(C=Cc3ccc4c(c3)C(C)(C)c3cc(N(c5ccccc5)c5ccccc5)ccc3-4)cc2)c2ccc(C(C)(C)Cc3ccc(N(c4ccc(C=Cc5ccc6c(c5)C(C)(C)c5cc(N(c7ccccc7)c7ccccc7)ccc5-6)cc4)c4cc5ccccc5c5ccccc45)cc3C)cc2)c1. The fourth-order valence-electron chi connectivity index (χ4n) is 17.5. The first-order valence-corrected chi connectivity index (χ1v) is 39.3. The van der Waals surface area contributed by atoms with E-state index in [0.29, 0.717) is 0 Å². The molecule has 2 aliphatic carbocycles. The number of fused-ring (bicyclic) bond motifs is 9. The second kappa shape index (κ2) is 28.9. The van der Waals surface area contributed by atoms with E-state index in [2.05, 4.69) is 463 Å². The molecule has 4 heteroatoms. The van der Waals surface area contributed by atoms with Gasteiger partial charge in [0.25, 0.3) is 0 Å². The summed E-state index contributed by atoms with van der Waals surface area (Å²) in [6.45, 7) is 18.7. The summed E-state index contributed by atoms with van der Waals surface area (Å²) < 4.78 is 0. The minimum Gasteiger partial charge on any atom is -0.310 e. The van der Waals surface area contributed by atoms with Crippen LogP contribution in [0, 0.1) is 13.8 Å². The zero-order valence-electron chi connectivity index (χ0n) is 64.9. The second-order valence-electron chi connectivity index (χ2n) is 32.1. The molecule has 0 radical (unpaired) electrons. The van der Waals surface area contributed by atoms with Gasteiger partial charge in [-0.3, -0.25) is 0 Å². The number of benzene rings is 16. The molecule has 0 saturated carbocycles. The Morgan fingerprint density at radius 2 is 0.607 bits per heavy atom. The summed E-state index contributed by atoms with van der Waals surface area (Å²) in [5, 5.41) is 4.90. The lowest BCUT2D eigenvalue weighted by Crippen LogP contribution is -2.21. The maximum absolute atomic E-state index is 2.47. The van der Waals surface area contributed by atoms with Crippen LogP contribution in [-0.2, 0) is 22.7 Å². The van der Waals surface area contributed by atoms with Crippen LogP contribution in [0.5, 0.6) is 0 Å². The lowest BCUT2D eigenvalue weighted by atomic mass is 9.78. The summed E-state index contributed by atoms with van der Waals surface area (Å²) in [7, 11) is 0. The Labute approximate surface area is 660 Å². The monoisotopic (exact) mass is 1440 g/mol. The van der Waals surface area contributed by atoms with Crippen molar-refractivity contribution in [1.82, 2.24) is 0 Å². The molecule has 112 heavy (non-hydrogen) atoms. The maximum atomic E-state index is 2.47.